The largest absolute Gasteiger partial charge is 0.255 e. The minimum atomic E-state index is -1.24. The molecule has 0 aromatic heterocycles. The van der Waals surface area contributed by atoms with Crippen molar-refractivity contribution in [2.24, 2.45) is 0 Å². The Hall–Kier alpha value is -2.51. The zero-order chi connectivity index (χ0) is 12.1. The van der Waals surface area contributed by atoms with Gasteiger partial charge in [-0.2, -0.15) is 0 Å². The third kappa shape index (κ3) is 2.50. The SMILES string of the molecule is O=C=C1C=CC=CC1NN([N+](=O)[O-])[N+](=O)[O-]. The Morgan fingerprint density at radius 3 is 2.44 bits per heavy atom. The minimum Gasteiger partial charge on any atom is -0.233 e. The lowest BCUT2D eigenvalue weighted by atomic mass is 10.0. The molecular weight excluding hydrogens is 220 g/mol. The highest BCUT2D eigenvalue weighted by molar-refractivity contribution is 5.62. The van der Waals surface area contributed by atoms with E-state index < -0.39 is 21.3 Å². The molecule has 9 heteroatoms. The maximum Gasteiger partial charge on any atom is 0.255 e. The van der Waals surface area contributed by atoms with Gasteiger partial charge in [0.25, 0.3) is 5.23 Å². The van der Waals surface area contributed by atoms with Crippen LogP contribution in [0.5, 0.6) is 0 Å². The van der Waals surface area contributed by atoms with E-state index in [4.69, 9.17) is 0 Å². The van der Waals surface area contributed by atoms with Crippen LogP contribution in [0.25, 0.3) is 0 Å². The van der Waals surface area contributed by atoms with Crippen LogP contribution in [-0.4, -0.2) is 27.3 Å². The first kappa shape index (κ1) is 11.6. The average Bonchev–Trinajstić information content (AvgIpc) is 2.25. The number of nitro groups is 2. The van der Waals surface area contributed by atoms with Gasteiger partial charge < -0.3 is 0 Å². The van der Waals surface area contributed by atoms with Gasteiger partial charge in [-0.1, -0.05) is 18.2 Å². The molecular formula is C7H6N4O5. The van der Waals surface area contributed by atoms with Gasteiger partial charge in [0.05, 0.1) is 11.6 Å². The molecule has 1 rings (SSSR count). The summed E-state index contributed by atoms with van der Waals surface area (Å²) in [5, 5.41) is 17.7. The molecule has 1 unspecified atom stereocenters. The Morgan fingerprint density at radius 1 is 1.31 bits per heavy atom. The normalized spacial score (nSPS) is 18.0. The van der Waals surface area contributed by atoms with E-state index in [1.807, 2.05) is 5.43 Å². The summed E-state index contributed by atoms with van der Waals surface area (Å²) in [4.78, 5) is 31.0. The number of carbonyl (C=O) groups excluding carboxylic acids is 1. The van der Waals surface area contributed by atoms with Gasteiger partial charge >= 0.3 is 0 Å². The highest BCUT2D eigenvalue weighted by Crippen LogP contribution is 2.08. The first-order chi connectivity index (χ1) is 7.56. The Kier molecular flexibility index (Phi) is 3.49. The Morgan fingerprint density at radius 2 is 1.94 bits per heavy atom. The monoisotopic (exact) mass is 226 g/mol. The predicted molar refractivity (Wildman–Crippen MR) is 50.2 cm³/mol. The standard InChI is InChI=1S/C7H6N4O5/c12-5-6-3-1-2-4-7(6)8-9(10(13)14)11(15)16/h1-4,7-8H. The topological polar surface area (TPSA) is 119 Å². The van der Waals surface area contributed by atoms with Crippen molar-refractivity contribution < 1.29 is 14.9 Å². The molecule has 1 aliphatic carbocycles. The number of hydrazine groups is 3. The summed E-state index contributed by atoms with van der Waals surface area (Å²) in [5.41, 5.74) is 1.99. The Bertz CT molecular complexity index is 408. The van der Waals surface area contributed by atoms with Crippen LogP contribution in [0.4, 0.5) is 0 Å². The molecule has 0 aromatic rings. The van der Waals surface area contributed by atoms with E-state index in [1.54, 1.807) is 0 Å². The first-order valence-electron chi connectivity index (χ1n) is 4.01. The average molecular weight is 226 g/mol. The van der Waals surface area contributed by atoms with Crippen LogP contribution in [0, 0.1) is 20.2 Å². The summed E-state index contributed by atoms with van der Waals surface area (Å²) in [7, 11) is 0. The van der Waals surface area contributed by atoms with E-state index in [0.717, 1.165) is 0 Å². The van der Waals surface area contributed by atoms with Crippen molar-refractivity contribution in [3.8, 4) is 0 Å². The van der Waals surface area contributed by atoms with Crippen molar-refractivity contribution in [1.29, 1.82) is 0 Å². The van der Waals surface area contributed by atoms with Crippen molar-refractivity contribution in [2.75, 3.05) is 0 Å². The molecule has 16 heavy (non-hydrogen) atoms. The predicted octanol–water partition coefficient (Wildman–Crippen LogP) is -0.571. The van der Waals surface area contributed by atoms with E-state index in [-0.39, 0.29) is 5.57 Å². The van der Waals surface area contributed by atoms with Gasteiger partial charge in [-0.05, 0) is 6.08 Å². The zero-order valence-corrected chi connectivity index (χ0v) is 7.77. The summed E-state index contributed by atoms with van der Waals surface area (Å²) in [6, 6.07) is -0.946. The van der Waals surface area contributed by atoms with Crippen LogP contribution in [-0.2, 0) is 4.79 Å². The van der Waals surface area contributed by atoms with Gasteiger partial charge in [0.15, 0.2) is 0 Å². The molecule has 84 valence electrons. The number of nitrogens with zero attached hydrogens (tertiary/aromatic N) is 3. The fourth-order valence-electron chi connectivity index (χ4n) is 1.03. The van der Waals surface area contributed by atoms with Gasteiger partial charge in [0.1, 0.15) is 5.94 Å². The van der Waals surface area contributed by atoms with Crippen LogP contribution in [0.1, 0.15) is 0 Å². The lowest BCUT2D eigenvalue weighted by Gasteiger charge is -2.14. The fourth-order valence-corrected chi connectivity index (χ4v) is 1.03. The minimum absolute atomic E-state index is 0.0381. The lowest BCUT2D eigenvalue weighted by molar-refractivity contribution is -0.921. The van der Waals surface area contributed by atoms with Crippen molar-refractivity contribution in [1.82, 2.24) is 10.7 Å². The highest BCUT2D eigenvalue weighted by atomic mass is 16.8. The van der Waals surface area contributed by atoms with E-state index in [9.17, 15) is 25.0 Å². The zero-order valence-electron chi connectivity index (χ0n) is 7.77. The molecule has 0 amide bonds. The van der Waals surface area contributed by atoms with Crippen molar-refractivity contribution >= 4 is 5.94 Å². The van der Waals surface area contributed by atoms with Crippen molar-refractivity contribution in [3.63, 3.8) is 0 Å². The van der Waals surface area contributed by atoms with Crippen LogP contribution in [0.3, 0.4) is 0 Å². The Balaban J connectivity index is 2.83. The number of nitrogens with one attached hydrogen (secondary N) is 1. The van der Waals surface area contributed by atoms with E-state index in [2.05, 4.69) is 0 Å². The van der Waals surface area contributed by atoms with Gasteiger partial charge in [0.2, 0.25) is 10.1 Å². The number of hydrogen-bond donors (Lipinski definition) is 1. The van der Waals surface area contributed by atoms with Gasteiger partial charge in [-0.25, -0.2) is 25.0 Å². The second kappa shape index (κ2) is 4.82. The molecule has 0 aliphatic heterocycles. The smallest absolute Gasteiger partial charge is 0.233 e. The van der Waals surface area contributed by atoms with Crippen LogP contribution < -0.4 is 5.43 Å². The highest BCUT2D eigenvalue weighted by Gasteiger charge is 2.31. The number of allylic oxidation sites excluding steroid dienone is 2. The summed E-state index contributed by atoms with van der Waals surface area (Å²) >= 11 is 0. The van der Waals surface area contributed by atoms with Crippen LogP contribution in [0.2, 0.25) is 0 Å². The second-order valence-corrected chi connectivity index (χ2v) is 2.67. The summed E-state index contributed by atoms with van der Waals surface area (Å²) in [6.07, 6.45) is 5.72. The van der Waals surface area contributed by atoms with Crippen molar-refractivity contribution in [3.05, 3.63) is 50.1 Å². The van der Waals surface area contributed by atoms with Gasteiger partial charge in [-0.15, -0.1) is 5.43 Å². The summed E-state index contributed by atoms with van der Waals surface area (Å²) in [5.74, 6) is 1.53. The van der Waals surface area contributed by atoms with E-state index >= 15 is 0 Å². The molecule has 1 aliphatic rings. The van der Waals surface area contributed by atoms with Gasteiger partial charge in [0, 0.05) is 0 Å². The second-order valence-electron chi connectivity index (χ2n) is 2.67. The maximum atomic E-state index is 10.4. The Labute approximate surface area is 88.5 Å². The molecule has 0 saturated carbocycles. The summed E-state index contributed by atoms with van der Waals surface area (Å²) < 4.78 is 0. The molecule has 9 nitrogen and oxygen atoms in total. The van der Waals surface area contributed by atoms with E-state index in [0.29, 0.717) is 0 Å². The van der Waals surface area contributed by atoms with Crippen molar-refractivity contribution in [2.45, 2.75) is 6.04 Å². The molecule has 0 fully saturated rings. The van der Waals surface area contributed by atoms with Crippen LogP contribution in [0.15, 0.2) is 29.9 Å². The van der Waals surface area contributed by atoms with E-state index in [1.165, 1.54) is 30.2 Å². The maximum absolute atomic E-state index is 10.4. The van der Waals surface area contributed by atoms with Gasteiger partial charge in [-0.3, -0.25) is 0 Å². The molecule has 1 N–H and O–H groups in total. The molecule has 0 spiro atoms. The molecule has 1 atom stereocenters. The molecule has 0 bridgehead atoms. The quantitative estimate of drug-likeness (QED) is 0.387. The fraction of sp³-hybridized carbons (Fsp3) is 0.143. The molecule has 0 radical (unpaired) electrons. The molecule has 0 saturated heterocycles. The first-order valence-corrected chi connectivity index (χ1v) is 4.01. The molecule has 0 heterocycles. The number of rotatable bonds is 4. The third-order valence-corrected chi connectivity index (χ3v) is 1.71. The third-order valence-electron chi connectivity index (χ3n) is 1.71. The lowest BCUT2D eigenvalue weighted by Crippen LogP contribution is -2.51. The number of hydrogen-bond acceptors (Lipinski definition) is 6. The van der Waals surface area contributed by atoms with Crippen LogP contribution >= 0.6 is 0 Å². The summed E-state index contributed by atoms with van der Waals surface area (Å²) in [6.45, 7) is 0. The molecule has 0 aromatic carbocycles.